The van der Waals surface area contributed by atoms with Crippen LogP contribution in [-0.4, -0.2) is 22.0 Å². The summed E-state index contributed by atoms with van der Waals surface area (Å²) in [6.45, 7) is 4.13. The standard InChI is InChI=1S/C14H14N2O3S/c1-8-5-12(20-9(8)2)13(17)16-7-11-6-10(14(18)19)3-4-15-11/h3-6H,7H2,1-2H3,(H,16,17)(H,18,19). The van der Waals surface area contributed by atoms with Crippen molar-refractivity contribution in [2.24, 2.45) is 0 Å². The quantitative estimate of drug-likeness (QED) is 0.906. The molecule has 0 aliphatic rings. The molecule has 2 heterocycles. The maximum atomic E-state index is 12.0. The molecule has 2 aromatic heterocycles. The van der Waals surface area contributed by atoms with Crippen LogP contribution in [0.3, 0.4) is 0 Å². The third-order valence-corrected chi connectivity index (χ3v) is 4.03. The van der Waals surface area contributed by atoms with E-state index in [0.29, 0.717) is 10.6 Å². The summed E-state index contributed by atoms with van der Waals surface area (Å²) in [6.07, 6.45) is 1.42. The number of thiophene rings is 1. The molecular weight excluding hydrogens is 276 g/mol. The van der Waals surface area contributed by atoms with E-state index in [0.717, 1.165) is 10.4 Å². The van der Waals surface area contributed by atoms with Gasteiger partial charge in [0.2, 0.25) is 0 Å². The van der Waals surface area contributed by atoms with Crippen molar-refractivity contribution in [3.8, 4) is 0 Å². The normalized spacial score (nSPS) is 10.3. The van der Waals surface area contributed by atoms with Crippen LogP contribution < -0.4 is 5.32 Å². The molecule has 6 heteroatoms. The topological polar surface area (TPSA) is 79.3 Å². The molecule has 5 nitrogen and oxygen atoms in total. The number of aromatic carboxylic acids is 1. The van der Waals surface area contributed by atoms with E-state index in [1.54, 1.807) is 0 Å². The van der Waals surface area contributed by atoms with Crippen molar-refractivity contribution in [3.63, 3.8) is 0 Å². The minimum Gasteiger partial charge on any atom is -0.478 e. The SMILES string of the molecule is Cc1cc(C(=O)NCc2cc(C(=O)O)ccn2)sc1C. The number of hydrogen-bond donors (Lipinski definition) is 2. The number of hydrogen-bond acceptors (Lipinski definition) is 4. The first-order chi connectivity index (χ1) is 9.47. The van der Waals surface area contributed by atoms with Crippen molar-refractivity contribution < 1.29 is 14.7 Å². The summed E-state index contributed by atoms with van der Waals surface area (Å²) < 4.78 is 0. The number of carboxylic acid groups (broad SMARTS) is 1. The average molecular weight is 290 g/mol. The number of carbonyl (C=O) groups excluding carboxylic acids is 1. The number of nitrogens with zero attached hydrogens (tertiary/aromatic N) is 1. The van der Waals surface area contributed by atoms with Gasteiger partial charge in [-0.2, -0.15) is 0 Å². The number of carboxylic acids is 1. The fourth-order valence-corrected chi connectivity index (χ4v) is 2.60. The largest absolute Gasteiger partial charge is 0.478 e. The van der Waals surface area contributed by atoms with Crippen molar-refractivity contribution >= 4 is 23.2 Å². The lowest BCUT2D eigenvalue weighted by Crippen LogP contribution is -2.22. The van der Waals surface area contributed by atoms with Gasteiger partial charge in [0.1, 0.15) is 0 Å². The molecule has 20 heavy (non-hydrogen) atoms. The van der Waals surface area contributed by atoms with Crippen LogP contribution >= 0.6 is 11.3 Å². The van der Waals surface area contributed by atoms with Crippen LogP contribution in [0.2, 0.25) is 0 Å². The van der Waals surface area contributed by atoms with Gasteiger partial charge in [-0.15, -0.1) is 11.3 Å². The van der Waals surface area contributed by atoms with Gasteiger partial charge in [-0.3, -0.25) is 9.78 Å². The van der Waals surface area contributed by atoms with E-state index in [4.69, 9.17) is 5.11 Å². The lowest BCUT2D eigenvalue weighted by Gasteiger charge is -2.04. The fourth-order valence-electron chi connectivity index (χ4n) is 1.65. The summed E-state index contributed by atoms with van der Waals surface area (Å²) in [5.41, 5.74) is 1.77. The molecule has 0 bridgehead atoms. The Balaban J connectivity index is 2.03. The van der Waals surface area contributed by atoms with Crippen molar-refractivity contribution in [2.75, 3.05) is 0 Å². The Kier molecular flexibility index (Phi) is 4.14. The minimum absolute atomic E-state index is 0.159. The molecule has 0 saturated carbocycles. The predicted molar refractivity (Wildman–Crippen MR) is 76.2 cm³/mol. The molecule has 0 spiro atoms. The fraction of sp³-hybridized carbons (Fsp3) is 0.214. The predicted octanol–water partition coefficient (Wildman–Crippen LogP) is 2.39. The molecule has 0 fully saturated rings. The number of aromatic nitrogens is 1. The molecule has 0 aliphatic carbocycles. The minimum atomic E-state index is -1.01. The van der Waals surface area contributed by atoms with E-state index in [1.165, 1.54) is 29.7 Å². The van der Waals surface area contributed by atoms with E-state index in [1.807, 2.05) is 19.9 Å². The van der Waals surface area contributed by atoms with Crippen LogP contribution in [0.5, 0.6) is 0 Å². The summed E-state index contributed by atoms with van der Waals surface area (Å²) in [7, 11) is 0. The third-order valence-electron chi connectivity index (χ3n) is 2.88. The molecule has 0 aliphatic heterocycles. The van der Waals surface area contributed by atoms with E-state index in [9.17, 15) is 9.59 Å². The van der Waals surface area contributed by atoms with Gasteiger partial charge in [0.25, 0.3) is 5.91 Å². The number of amides is 1. The van der Waals surface area contributed by atoms with Gasteiger partial charge in [0, 0.05) is 11.1 Å². The second-order valence-electron chi connectivity index (χ2n) is 4.37. The molecule has 2 rings (SSSR count). The molecule has 2 N–H and O–H groups in total. The summed E-state index contributed by atoms with van der Waals surface area (Å²) in [5, 5.41) is 11.6. The molecule has 104 valence electrons. The number of aryl methyl sites for hydroxylation is 2. The lowest BCUT2D eigenvalue weighted by molar-refractivity contribution is 0.0696. The van der Waals surface area contributed by atoms with Crippen LogP contribution in [0.15, 0.2) is 24.4 Å². The van der Waals surface area contributed by atoms with Gasteiger partial charge in [-0.05, 0) is 37.6 Å². The summed E-state index contributed by atoms with van der Waals surface area (Å²) in [5.74, 6) is -1.18. The van der Waals surface area contributed by atoms with Crippen molar-refractivity contribution in [1.82, 2.24) is 10.3 Å². The van der Waals surface area contributed by atoms with E-state index >= 15 is 0 Å². The second-order valence-corrected chi connectivity index (χ2v) is 5.63. The van der Waals surface area contributed by atoms with Crippen LogP contribution in [0.1, 0.15) is 36.2 Å². The molecule has 0 unspecified atom stereocenters. The van der Waals surface area contributed by atoms with Crippen LogP contribution in [0, 0.1) is 13.8 Å². The maximum Gasteiger partial charge on any atom is 0.335 e. The van der Waals surface area contributed by atoms with Crippen molar-refractivity contribution in [2.45, 2.75) is 20.4 Å². The number of rotatable bonds is 4. The molecule has 2 aromatic rings. The first-order valence-electron chi connectivity index (χ1n) is 6.01. The Labute approximate surface area is 120 Å². The third kappa shape index (κ3) is 3.21. The highest BCUT2D eigenvalue weighted by molar-refractivity contribution is 7.14. The molecule has 1 amide bonds. The molecular formula is C14H14N2O3S. The highest BCUT2D eigenvalue weighted by atomic mass is 32.1. The average Bonchev–Trinajstić information content (AvgIpc) is 2.76. The second kappa shape index (κ2) is 5.83. The van der Waals surface area contributed by atoms with Gasteiger partial charge in [0.05, 0.1) is 22.7 Å². The zero-order chi connectivity index (χ0) is 14.7. The van der Waals surface area contributed by atoms with Crippen LogP contribution in [0.4, 0.5) is 0 Å². The van der Waals surface area contributed by atoms with Gasteiger partial charge in [-0.1, -0.05) is 0 Å². The zero-order valence-electron chi connectivity index (χ0n) is 11.1. The van der Waals surface area contributed by atoms with Crippen LogP contribution in [0.25, 0.3) is 0 Å². The van der Waals surface area contributed by atoms with Crippen molar-refractivity contribution in [3.05, 3.63) is 51.0 Å². The monoisotopic (exact) mass is 290 g/mol. The number of carbonyl (C=O) groups is 2. The van der Waals surface area contributed by atoms with Gasteiger partial charge >= 0.3 is 5.97 Å². The Bertz CT molecular complexity index is 645. The summed E-state index contributed by atoms with van der Waals surface area (Å²) >= 11 is 1.44. The summed E-state index contributed by atoms with van der Waals surface area (Å²) in [4.78, 5) is 28.6. The molecule has 0 radical (unpaired) electrons. The van der Waals surface area contributed by atoms with E-state index in [-0.39, 0.29) is 18.0 Å². The Morgan fingerprint density at radius 1 is 1.35 bits per heavy atom. The Morgan fingerprint density at radius 3 is 2.70 bits per heavy atom. The molecule has 0 atom stereocenters. The Hall–Kier alpha value is -2.21. The summed E-state index contributed by atoms with van der Waals surface area (Å²) in [6, 6.07) is 4.71. The maximum absolute atomic E-state index is 12.0. The van der Waals surface area contributed by atoms with Crippen LogP contribution in [-0.2, 0) is 6.54 Å². The molecule has 0 aromatic carbocycles. The highest BCUT2D eigenvalue weighted by Gasteiger charge is 2.11. The zero-order valence-corrected chi connectivity index (χ0v) is 12.0. The van der Waals surface area contributed by atoms with E-state index in [2.05, 4.69) is 10.3 Å². The van der Waals surface area contributed by atoms with Gasteiger partial charge in [0.15, 0.2) is 0 Å². The number of nitrogens with one attached hydrogen (secondary N) is 1. The lowest BCUT2D eigenvalue weighted by atomic mass is 10.2. The van der Waals surface area contributed by atoms with Gasteiger partial charge in [-0.25, -0.2) is 4.79 Å². The Morgan fingerprint density at radius 2 is 2.10 bits per heavy atom. The highest BCUT2D eigenvalue weighted by Crippen LogP contribution is 2.20. The first-order valence-corrected chi connectivity index (χ1v) is 6.82. The first kappa shape index (κ1) is 14.2. The van der Waals surface area contributed by atoms with E-state index < -0.39 is 5.97 Å². The number of pyridine rings is 1. The van der Waals surface area contributed by atoms with Crippen molar-refractivity contribution in [1.29, 1.82) is 0 Å². The smallest absolute Gasteiger partial charge is 0.335 e. The molecule has 0 saturated heterocycles. The van der Waals surface area contributed by atoms with Gasteiger partial charge < -0.3 is 10.4 Å².